The van der Waals surface area contributed by atoms with Crippen molar-refractivity contribution in [2.24, 2.45) is 7.05 Å². The topological polar surface area (TPSA) is 67.2 Å². The van der Waals surface area contributed by atoms with Crippen molar-refractivity contribution in [3.05, 3.63) is 63.8 Å². The van der Waals surface area contributed by atoms with Gasteiger partial charge in [-0.05, 0) is 37.9 Å². The molecule has 1 atom stereocenters. The largest absolute Gasteiger partial charge is 0.349 e. The van der Waals surface area contributed by atoms with E-state index in [1.54, 1.807) is 12.1 Å². The summed E-state index contributed by atoms with van der Waals surface area (Å²) in [5.41, 5.74) is 0.785. The highest BCUT2D eigenvalue weighted by atomic mass is 19.1. The minimum absolute atomic E-state index is 0.105. The van der Waals surface area contributed by atoms with Gasteiger partial charge in [-0.3, -0.25) is 9.59 Å². The normalized spacial score (nSPS) is 12.2. The first-order valence-electron chi connectivity index (χ1n) is 7.13. The highest BCUT2D eigenvalue weighted by molar-refractivity contribution is 5.92. The average Bonchev–Trinajstić information content (AvgIpc) is 2.51. The Kier molecular flexibility index (Phi) is 5.23. The fraction of sp³-hybridized carbons (Fsp3) is 0.312. The molecule has 23 heavy (non-hydrogen) atoms. The molecule has 1 N–H and O–H groups in total. The Morgan fingerprint density at radius 1 is 1.26 bits per heavy atom. The van der Waals surface area contributed by atoms with Gasteiger partial charge in [0.25, 0.3) is 11.5 Å². The summed E-state index contributed by atoms with van der Waals surface area (Å²) in [6, 6.07) is 8.75. The van der Waals surface area contributed by atoms with Gasteiger partial charge in [-0.25, -0.2) is 9.07 Å². The quantitative estimate of drug-likeness (QED) is 0.891. The van der Waals surface area contributed by atoms with Crippen LogP contribution in [0.1, 0.15) is 22.1 Å². The molecule has 0 aliphatic carbocycles. The molecule has 0 fully saturated rings. The van der Waals surface area contributed by atoms with Gasteiger partial charge in [-0.2, -0.15) is 5.10 Å². The SMILES string of the molecule is CN(C)C(CNC(=O)c1ccc(=O)n(C)n1)c1ccc(F)cc1. The van der Waals surface area contributed by atoms with Crippen molar-refractivity contribution in [3.63, 3.8) is 0 Å². The average molecular weight is 318 g/mol. The maximum absolute atomic E-state index is 13.0. The van der Waals surface area contributed by atoms with Crippen molar-refractivity contribution in [1.29, 1.82) is 0 Å². The third kappa shape index (κ3) is 4.23. The first-order valence-corrected chi connectivity index (χ1v) is 7.13. The zero-order chi connectivity index (χ0) is 17.0. The van der Waals surface area contributed by atoms with E-state index in [0.29, 0.717) is 6.54 Å². The number of rotatable bonds is 5. The summed E-state index contributed by atoms with van der Waals surface area (Å²) in [6.07, 6.45) is 0. The number of nitrogens with zero attached hydrogens (tertiary/aromatic N) is 3. The van der Waals surface area contributed by atoms with Gasteiger partial charge < -0.3 is 10.2 Å². The molecule has 1 heterocycles. The summed E-state index contributed by atoms with van der Waals surface area (Å²) in [6.45, 7) is 0.335. The Hall–Kier alpha value is -2.54. The number of hydrogen-bond donors (Lipinski definition) is 1. The first kappa shape index (κ1) is 16.8. The van der Waals surface area contributed by atoms with Crippen LogP contribution in [0.4, 0.5) is 4.39 Å². The number of halogens is 1. The first-order chi connectivity index (χ1) is 10.9. The van der Waals surface area contributed by atoms with Crippen LogP contribution in [0.2, 0.25) is 0 Å². The lowest BCUT2D eigenvalue weighted by molar-refractivity contribution is 0.0934. The van der Waals surface area contributed by atoms with Crippen molar-refractivity contribution in [2.45, 2.75) is 6.04 Å². The number of carbonyl (C=O) groups is 1. The van der Waals surface area contributed by atoms with E-state index in [1.807, 2.05) is 19.0 Å². The van der Waals surface area contributed by atoms with Gasteiger partial charge in [0.2, 0.25) is 0 Å². The molecule has 2 rings (SSSR count). The van der Waals surface area contributed by atoms with Crippen LogP contribution in [0.5, 0.6) is 0 Å². The minimum atomic E-state index is -0.366. The molecule has 0 aliphatic heterocycles. The lowest BCUT2D eigenvalue weighted by Gasteiger charge is -2.25. The lowest BCUT2D eigenvalue weighted by Crippen LogP contribution is -2.35. The molecule has 0 saturated heterocycles. The predicted octanol–water partition coefficient (Wildman–Crippen LogP) is 0.952. The van der Waals surface area contributed by atoms with Crippen molar-refractivity contribution in [1.82, 2.24) is 20.0 Å². The number of benzene rings is 1. The Bertz CT molecular complexity index is 740. The maximum atomic E-state index is 13.0. The molecule has 0 bridgehead atoms. The second-order valence-corrected chi connectivity index (χ2v) is 5.42. The van der Waals surface area contributed by atoms with Crippen molar-refractivity contribution >= 4 is 5.91 Å². The van der Waals surface area contributed by atoms with E-state index < -0.39 is 0 Å². The maximum Gasteiger partial charge on any atom is 0.271 e. The van der Waals surface area contributed by atoms with Gasteiger partial charge in [0.05, 0.1) is 6.04 Å². The van der Waals surface area contributed by atoms with Gasteiger partial charge in [0, 0.05) is 19.7 Å². The van der Waals surface area contributed by atoms with Gasteiger partial charge in [0.15, 0.2) is 0 Å². The van der Waals surface area contributed by atoms with Crippen LogP contribution in [0.25, 0.3) is 0 Å². The van der Waals surface area contributed by atoms with Crippen molar-refractivity contribution < 1.29 is 9.18 Å². The summed E-state index contributed by atoms with van der Waals surface area (Å²) in [7, 11) is 5.25. The molecule has 0 radical (unpaired) electrons. The fourth-order valence-corrected chi connectivity index (χ4v) is 2.19. The smallest absolute Gasteiger partial charge is 0.271 e. The Morgan fingerprint density at radius 3 is 2.48 bits per heavy atom. The van der Waals surface area contributed by atoms with Crippen LogP contribution in [0.15, 0.2) is 41.2 Å². The van der Waals surface area contributed by atoms with Crippen LogP contribution >= 0.6 is 0 Å². The molecule has 0 spiro atoms. The van der Waals surface area contributed by atoms with Crippen molar-refractivity contribution in [3.8, 4) is 0 Å². The molecular formula is C16H19FN4O2. The third-order valence-electron chi connectivity index (χ3n) is 3.53. The van der Waals surface area contributed by atoms with E-state index in [9.17, 15) is 14.0 Å². The molecule has 1 amide bonds. The molecule has 1 unspecified atom stereocenters. The number of carbonyl (C=O) groups excluding carboxylic acids is 1. The van der Waals surface area contributed by atoms with Crippen LogP contribution in [0.3, 0.4) is 0 Å². The highest BCUT2D eigenvalue weighted by Gasteiger charge is 2.16. The molecular weight excluding hydrogens is 299 g/mol. The van der Waals surface area contributed by atoms with Gasteiger partial charge >= 0.3 is 0 Å². The zero-order valence-electron chi connectivity index (χ0n) is 13.3. The summed E-state index contributed by atoms with van der Waals surface area (Å²) >= 11 is 0. The fourth-order valence-electron chi connectivity index (χ4n) is 2.19. The zero-order valence-corrected chi connectivity index (χ0v) is 13.3. The molecule has 1 aromatic heterocycles. The van der Waals surface area contributed by atoms with Crippen LogP contribution in [0, 0.1) is 5.82 Å². The molecule has 122 valence electrons. The third-order valence-corrected chi connectivity index (χ3v) is 3.53. The number of nitrogens with one attached hydrogen (secondary N) is 1. The molecule has 0 aliphatic rings. The van der Waals surface area contributed by atoms with Crippen LogP contribution in [-0.2, 0) is 7.05 Å². The number of aromatic nitrogens is 2. The number of hydrogen-bond acceptors (Lipinski definition) is 4. The van der Waals surface area contributed by atoms with Crippen molar-refractivity contribution in [2.75, 3.05) is 20.6 Å². The second-order valence-electron chi connectivity index (χ2n) is 5.42. The summed E-state index contributed by atoms with van der Waals surface area (Å²) < 4.78 is 14.1. The van der Waals surface area contributed by atoms with E-state index in [1.165, 1.54) is 31.3 Å². The summed E-state index contributed by atoms with van der Waals surface area (Å²) in [5, 5.41) is 6.70. The molecule has 7 heteroatoms. The molecule has 0 saturated carbocycles. The second kappa shape index (κ2) is 7.15. The predicted molar refractivity (Wildman–Crippen MR) is 84.6 cm³/mol. The Labute approximate surface area is 133 Å². The van der Waals surface area contributed by atoms with E-state index in [4.69, 9.17) is 0 Å². The molecule has 6 nitrogen and oxygen atoms in total. The van der Waals surface area contributed by atoms with E-state index >= 15 is 0 Å². The highest BCUT2D eigenvalue weighted by Crippen LogP contribution is 2.17. The van der Waals surface area contributed by atoms with E-state index in [0.717, 1.165) is 10.2 Å². The summed E-state index contributed by atoms with van der Waals surface area (Å²) in [4.78, 5) is 25.4. The lowest BCUT2D eigenvalue weighted by atomic mass is 10.1. The van der Waals surface area contributed by atoms with Gasteiger partial charge in [-0.1, -0.05) is 12.1 Å². The number of aryl methyl sites for hydroxylation is 1. The standard InChI is InChI=1S/C16H19FN4O2/c1-20(2)14(11-4-6-12(17)7-5-11)10-18-16(23)13-8-9-15(22)21(3)19-13/h4-9,14H,10H2,1-3H3,(H,18,23). The minimum Gasteiger partial charge on any atom is -0.349 e. The van der Waals surface area contributed by atoms with E-state index in [-0.39, 0.29) is 29.0 Å². The monoisotopic (exact) mass is 318 g/mol. The van der Waals surface area contributed by atoms with Crippen LogP contribution < -0.4 is 10.9 Å². The van der Waals surface area contributed by atoms with Gasteiger partial charge in [-0.15, -0.1) is 0 Å². The number of likely N-dealkylation sites (N-methyl/N-ethyl adjacent to an activating group) is 1. The van der Waals surface area contributed by atoms with Gasteiger partial charge in [0.1, 0.15) is 11.5 Å². The summed E-state index contributed by atoms with van der Waals surface area (Å²) in [5.74, 6) is -0.667. The number of amides is 1. The van der Waals surface area contributed by atoms with Crippen LogP contribution in [-0.4, -0.2) is 41.2 Å². The Balaban J connectivity index is 2.09. The van der Waals surface area contributed by atoms with E-state index in [2.05, 4.69) is 10.4 Å². The molecule has 2 aromatic rings. The Morgan fingerprint density at radius 2 is 1.91 bits per heavy atom. The molecule has 1 aromatic carbocycles.